The predicted molar refractivity (Wildman–Crippen MR) is 59.3 cm³/mol. The van der Waals surface area contributed by atoms with Crippen LogP contribution in [0.5, 0.6) is 0 Å². The second kappa shape index (κ2) is 3.26. The van der Waals surface area contributed by atoms with Crippen LogP contribution in [0.15, 0.2) is 10.5 Å². The molecule has 1 rings (SSSR count). The van der Waals surface area contributed by atoms with Crippen LogP contribution in [-0.2, 0) is 0 Å². The molecule has 72 valence electrons. The Morgan fingerprint density at radius 1 is 1.31 bits per heavy atom. The lowest BCUT2D eigenvalue weighted by Crippen LogP contribution is -2.19. The van der Waals surface area contributed by atoms with E-state index in [1.165, 1.54) is 0 Å². The van der Waals surface area contributed by atoms with Gasteiger partial charge in [-0.2, -0.15) is 0 Å². The number of thiocarbonyl (C=S) groups is 1. The van der Waals surface area contributed by atoms with E-state index in [4.69, 9.17) is 16.6 Å². The second-order valence-electron chi connectivity index (χ2n) is 4.41. The molecular weight excluding hydrogens is 180 g/mol. The van der Waals surface area contributed by atoms with Crippen molar-refractivity contribution in [1.82, 2.24) is 0 Å². The molecule has 0 bridgehead atoms. The molecule has 0 amide bonds. The van der Waals surface area contributed by atoms with E-state index in [2.05, 4.69) is 20.8 Å². The summed E-state index contributed by atoms with van der Waals surface area (Å²) in [5.41, 5.74) is 1.12. The van der Waals surface area contributed by atoms with Crippen molar-refractivity contribution in [3.05, 3.63) is 23.2 Å². The minimum absolute atomic E-state index is 0.0381. The van der Waals surface area contributed by atoms with E-state index in [9.17, 15) is 0 Å². The monoisotopic (exact) mass is 196 g/mol. The summed E-state index contributed by atoms with van der Waals surface area (Å²) in [6.07, 6.45) is 0. The van der Waals surface area contributed by atoms with Crippen LogP contribution in [0.25, 0.3) is 0 Å². The molecule has 0 aromatic carbocycles. The molecule has 0 aliphatic carbocycles. The Bertz CT molecular complexity index is 328. The van der Waals surface area contributed by atoms with Gasteiger partial charge in [0.15, 0.2) is 0 Å². The number of furan rings is 1. The summed E-state index contributed by atoms with van der Waals surface area (Å²) in [5, 5.41) is 0. The van der Waals surface area contributed by atoms with Crippen molar-refractivity contribution in [1.29, 1.82) is 0 Å². The highest BCUT2D eigenvalue weighted by molar-refractivity contribution is 7.81. The van der Waals surface area contributed by atoms with Crippen LogP contribution < -0.4 is 0 Å². The lowest BCUT2D eigenvalue weighted by atomic mass is 9.88. The third kappa shape index (κ3) is 2.19. The van der Waals surface area contributed by atoms with E-state index in [1.54, 1.807) is 0 Å². The minimum Gasteiger partial charge on any atom is -0.466 e. The fourth-order valence-corrected chi connectivity index (χ4v) is 1.46. The van der Waals surface area contributed by atoms with Gasteiger partial charge in [0.25, 0.3) is 0 Å². The first-order valence-corrected chi connectivity index (χ1v) is 4.85. The van der Waals surface area contributed by atoms with E-state index in [0.717, 1.165) is 21.9 Å². The summed E-state index contributed by atoms with van der Waals surface area (Å²) in [6, 6.07) is 2.02. The Kier molecular flexibility index (Phi) is 2.62. The van der Waals surface area contributed by atoms with E-state index >= 15 is 0 Å². The van der Waals surface area contributed by atoms with Crippen LogP contribution in [0.2, 0.25) is 0 Å². The van der Waals surface area contributed by atoms with Gasteiger partial charge in [0.2, 0.25) is 0 Å². The maximum absolute atomic E-state index is 5.44. The van der Waals surface area contributed by atoms with Crippen LogP contribution in [-0.4, -0.2) is 4.86 Å². The Morgan fingerprint density at radius 2 is 1.85 bits per heavy atom. The van der Waals surface area contributed by atoms with Crippen molar-refractivity contribution in [2.24, 2.45) is 5.41 Å². The SMILES string of the molecule is Cc1cc(C(=S)C(C)(C)C)c(C)o1. The van der Waals surface area contributed by atoms with E-state index < -0.39 is 0 Å². The van der Waals surface area contributed by atoms with Crippen LogP contribution in [0.3, 0.4) is 0 Å². The smallest absolute Gasteiger partial charge is 0.109 e. The lowest BCUT2D eigenvalue weighted by molar-refractivity contribution is 0.503. The normalized spacial score (nSPS) is 11.8. The summed E-state index contributed by atoms with van der Waals surface area (Å²) >= 11 is 5.40. The van der Waals surface area contributed by atoms with Crippen LogP contribution in [0, 0.1) is 19.3 Å². The van der Waals surface area contributed by atoms with Gasteiger partial charge in [-0.25, -0.2) is 0 Å². The number of hydrogen-bond donors (Lipinski definition) is 0. The zero-order valence-corrected chi connectivity index (χ0v) is 9.71. The van der Waals surface area contributed by atoms with E-state index in [0.29, 0.717) is 0 Å². The number of aryl methyl sites for hydroxylation is 2. The van der Waals surface area contributed by atoms with Gasteiger partial charge in [0.1, 0.15) is 11.5 Å². The average Bonchev–Trinajstić information content (AvgIpc) is 2.26. The molecule has 2 heteroatoms. The van der Waals surface area contributed by atoms with Crippen molar-refractivity contribution in [2.75, 3.05) is 0 Å². The van der Waals surface area contributed by atoms with Crippen LogP contribution >= 0.6 is 12.2 Å². The number of rotatable bonds is 1. The predicted octanol–water partition coefficient (Wildman–Crippen LogP) is 3.66. The molecule has 1 nitrogen and oxygen atoms in total. The van der Waals surface area contributed by atoms with Gasteiger partial charge in [-0.1, -0.05) is 33.0 Å². The largest absolute Gasteiger partial charge is 0.466 e. The summed E-state index contributed by atoms with van der Waals surface area (Å²) in [5.74, 6) is 1.86. The molecule has 0 atom stereocenters. The Balaban J connectivity index is 3.09. The molecule has 0 fully saturated rings. The van der Waals surface area contributed by atoms with Crippen molar-refractivity contribution >= 4 is 17.1 Å². The van der Waals surface area contributed by atoms with Crippen molar-refractivity contribution in [3.8, 4) is 0 Å². The van der Waals surface area contributed by atoms with Crippen LogP contribution in [0.4, 0.5) is 0 Å². The zero-order chi connectivity index (χ0) is 10.2. The lowest BCUT2D eigenvalue weighted by Gasteiger charge is -2.19. The van der Waals surface area contributed by atoms with Crippen molar-refractivity contribution < 1.29 is 4.42 Å². The second-order valence-corrected chi connectivity index (χ2v) is 4.81. The van der Waals surface area contributed by atoms with E-state index in [-0.39, 0.29) is 5.41 Å². The molecular formula is C11H16OS. The molecule has 0 radical (unpaired) electrons. The van der Waals surface area contributed by atoms with Gasteiger partial charge in [0, 0.05) is 10.4 Å². The topological polar surface area (TPSA) is 13.1 Å². The highest BCUT2D eigenvalue weighted by Crippen LogP contribution is 2.25. The van der Waals surface area contributed by atoms with Gasteiger partial charge in [0.05, 0.1) is 0 Å². The molecule has 0 N–H and O–H groups in total. The Hall–Kier alpha value is -0.630. The maximum Gasteiger partial charge on any atom is 0.109 e. The minimum atomic E-state index is 0.0381. The fraction of sp³-hybridized carbons (Fsp3) is 0.545. The quantitative estimate of drug-likeness (QED) is 0.502. The molecule has 0 saturated carbocycles. The molecule has 0 spiro atoms. The molecule has 0 aliphatic rings. The standard InChI is InChI=1S/C11H16OS/c1-7-6-9(8(2)12-7)10(13)11(3,4)5/h6H,1-5H3. The molecule has 0 aliphatic heterocycles. The van der Waals surface area contributed by atoms with Gasteiger partial charge in [-0.05, 0) is 25.3 Å². The maximum atomic E-state index is 5.44. The molecule has 13 heavy (non-hydrogen) atoms. The molecule has 0 saturated heterocycles. The highest BCUT2D eigenvalue weighted by Gasteiger charge is 2.21. The Morgan fingerprint density at radius 3 is 2.15 bits per heavy atom. The number of hydrogen-bond acceptors (Lipinski definition) is 2. The van der Waals surface area contributed by atoms with Crippen molar-refractivity contribution in [3.63, 3.8) is 0 Å². The van der Waals surface area contributed by atoms with Gasteiger partial charge in [-0.3, -0.25) is 0 Å². The summed E-state index contributed by atoms with van der Waals surface area (Å²) < 4.78 is 5.44. The first-order valence-electron chi connectivity index (χ1n) is 4.44. The first kappa shape index (κ1) is 10.5. The summed E-state index contributed by atoms with van der Waals surface area (Å²) in [6.45, 7) is 10.3. The zero-order valence-electron chi connectivity index (χ0n) is 8.89. The molecule has 1 aromatic rings. The third-order valence-electron chi connectivity index (χ3n) is 1.97. The highest BCUT2D eigenvalue weighted by atomic mass is 32.1. The van der Waals surface area contributed by atoms with Gasteiger partial charge >= 0.3 is 0 Å². The molecule has 1 aromatic heterocycles. The van der Waals surface area contributed by atoms with Crippen LogP contribution in [0.1, 0.15) is 37.9 Å². The Labute approximate surface area is 85.1 Å². The van der Waals surface area contributed by atoms with Gasteiger partial charge in [-0.15, -0.1) is 0 Å². The average molecular weight is 196 g/mol. The summed E-state index contributed by atoms with van der Waals surface area (Å²) in [4.78, 5) is 0.974. The third-order valence-corrected chi connectivity index (χ3v) is 2.80. The molecule has 0 unspecified atom stereocenters. The van der Waals surface area contributed by atoms with Crippen molar-refractivity contribution in [2.45, 2.75) is 34.6 Å². The summed E-state index contributed by atoms with van der Waals surface area (Å²) in [7, 11) is 0. The molecule has 1 heterocycles. The van der Waals surface area contributed by atoms with Gasteiger partial charge < -0.3 is 4.42 Å². The first-order chi connectivity index (χ1) is 5.82. The van der Waals surface area contributed by atoms with E-state index in [1.807, 2.05) is 19.9 Å². The fourth-order valence-electron chi connectivity index (χ4n) is 1.26.